The van der Waals surface area contributed by atoms with Crippen molar-refractivity contribution in [3.05, 3.63) is 94.6 Å². The summed E-state index contributed by atoms with van der Waals surface area (Å²) in [6.07, 6.45) is 0. The van der Waals surface area contributed by atoms with Gasteiger partial charge in [-0.15, -0.1) is 0 Å². The van der Waals surface area contributed by atoms with E-state index in [0.29, 0.717) is 11.8 Å². The molecule has 3 aromatic rings. The van der Waals surface area contributed by atoms with Crippen molar-refractivity contribution in [2.24, 2.45) is 0 Å². The molecule has 0 spiro atoms. The number of aryl methyl sites for hydroxylation is 2. The molecule has 3 aromatic carbocycles. The highest BCUT2D eigenvalue weighted by molar-refractivity contribution is 6.04. The molecule has 0 amide bonds. The summed E-state index contributed by atoms with van der Waals surface area (Å²) in [7, 11) is 0. The summed E-state index contributed by atoms with van der Waals surface area (Å²) >= 11 is 0. The summed E-state index contributed by atoms with van der Waals surface area (Å²) in [6, 6.07) is 13.5. The first kappa shape index (κ1) is 19.2. The fourth-order valence-corrected chi connectivity index (χ4v) is 2.53. The molecule has 0 heterocycles. The number of benzene rings is 3. The number of rotatable bonds is 4. The zero-order valence-corrected chi connectivity index (χ0v) is 15.2. The van der Waals surface area contributed by atoms with Gasteiger partial charge in [-0.1, -0.05) is 18.2 Å². The van der Waals surface area contributed by atoms with Crippen LogP contribution in [-0.4, -0.2) is 11.9 Å². The van der Waals surface area contributed by atoms with Crippen LogP contribution in [0, 0.1) is 25.5 Å². The third-order valence-corrected chi connectivity index (χ3v) is 4.10. The highest BCUT2D eigenvalue weighted by Crippen LogP contribution is 2.21. The van der Waals surface area contributed by atoms with Crippen molar-refractivity contribution < 1.29 is 27.8 Å². The van der Waals surface area contributed by atoms with Gasteiger partial charge in [0.05, 0.1) is 11.1 Å². The second kappa shape index (κ2) is 8.00. The van der Waals surface area contributed by atoms with E-state index in [4.69, 9.17) is 9.47 Å². The van der Waals surface area contributed by atoms with Crippen LogP contribution in [-0.2, 0) is 0 Å². The minimum absolute atomic E-state index is 0.0254. The van der Waals surface area contributed by atoms with Crippen LogP contribution >= 0.6 is 0 Å². The summed E-state index contributed by atoms with van der Waals surface area (Å²) in [6.45, 7) is 3.82. The van der Waals surface area contributed by atoms with Gasteiger partial charge in [-0.05, 0) is 49.2 Å². The Kier molecular flexibility index (Phi) is 5.49. The first-order chi connectivity index (χ1) is 13.3. The molecule has 0 aliphatic carbocycles. The van der Waals surface area contributed by atoms with Gasteiger partial charge in [-0.25, -0.2) is 18.4 Å². The standard InChI is InChI=1S/C22H16F2O4/c1-13-7-8-17(9-14(13)2)27-21(25)19-5-3-4-6-20(19)22(26)28-18-11-15(23)10-16(24)12-18/h3-12H,1-2H3. The minimum Gasteiger partial charge on any atom is -0.423 e. The molecular formula is C22H16F2O4. The molecule has 0 atom stereocenters. The predicted octanol–water partition coefficient (Wildman–Crippen LogP) is 5.02. The van der Waals surface area contributed by atoms with Crippen LogP contribution in [0.1, 0.15) is 31.8 Å². The first-order valence-corrected chi connectivity index (χ1v) is 8.40. The van der Waals surface area contributed by atoms with Gasteiger partial charge in [0.1, 0.15) is 23.1 Å². The van der Waals surface area contributed by atoms with Crippen molar-refractivity contribution in [3.8, 4) is 11.5 Å². The molecular weight excluding hydrogens is 366 g/mol. The minimum atomic E-state index is -0.933. The van der Waals surface area contributed by atoms with Crippen LogP contribution in [0.15, 0.2) is 60.7 Å². The molecule has 4 nitrogen and oxygen atoms in total. The van der Waals surface area contributed by atoms with Crippen LogP contribution < -0.4 is 9.47 Å². The maximum absolute atomic E-state index is 13.3. The van der Waals surface area contributed by atoms with Crippen molar-refractivity contribution in [1.29, 1.82) is 0 Å². The summed E-state index contributed by atoms with van der Waals surface area (Å²) in [4.78, 5) is 25.0. The number of ether oxygens (including phenoxy) is 2. The molecule has 0 saturated heterocycles. The van der Waals surface area contributed by atoms with E-state index >= 15 is 0 Å². The first-order valence-electron chi connectivity index (χ1n) is 8.40. The monoisotopic (exact) mass is 382 g/mol. The van der Waals surface area contributed by atoms with Gasteiger partial charge >= 0.3 is 11.9 Å². The zero-order valence-electron chi connectivity index (χ0n) is 15.2. The molecule has 0 unspecified atom stereocenters. The highest BCUT2D eigenvalue weighted by atomic mass is 19.1. The van der Waals surface area contributed by atoms with E-state index in [1.54, 1.807) is 18.2 Å². The number of hydrogen-bond donors (Lipinski definition) is 0. The van der Waals surface area contributed by atoms with Gasteiger partial charge in [-0.3, -0.25) is 0 Å². The predicted molar refractivity (Wildman–Crippen MR) is 98.6 cm³/mol. The van der Waals surface area contributed by atoms with Gasteiger partial charge in [0.15, 0.2) is 0 Å². The van der Waals surface area contributed by atoms with E-state index in [1.807, 2.05) is 19.9 Å². The number of carbonyl (C=O) groups is 2. The van der Waals surface area contributed by atoms with Crippen molar-refractivity contribution in [1.82, 2.24) is 0 Å². The van der Waals surface area contributed by atoms with Gasteiger partial charge in [-0.2, -0.15) is 0 Å². The SMILES string of the molecule is Cc1ccc(OC(=O)c2ccccc2C(=O)Oc2cc(F)cc(F)c2)cc1C. The average molecular weight is 382 g/mol. The average Bonchev–Trinajstić information content (AvgIpc) is 2.64. The molecule has 0 bridgehead atoms. The Labute approximate surface area is 160 Å². The van der Waals surface area contributed by atoms with Gasteiger partial charge in [0, 0.05) is 18.2 Å². The number of carbonyl (C=O) groups excluding carboxylic acids is 2. The van der Waals surface area contributed by atoms with E-state index in [-0.39, 0.29) is 16.9 Å². The quantitative estimate of drug-likeness (QED) is 0.470. The zero-order chi connectivity index (χ0) is 20.3. The van der Waals surface area contributed by atoms with E-state index in [9.17, 15) is 18.4 Å². The second-order valence-corrected chi connectivity index (χ2v) is 6.18. The van der Waals surface area contributed by atoms with E-state index < -0.39 is 23.6 Å². The van der Waals surface area contributed by atoms with Crippen molar-refractivity contribution >= 4 is 11.9 Å². The van der Waals surface area contributed by atoms with Crippen LogP contribution in [0.3, 0.4) is 0 Å². The topological polar surface area (TPSA) is 52.6 Å². The summed E-state index contributed by atoms with van der Waals surface area (Å²) in [5.74, 6) is -3.42. The smallest absolute Gasteiger partial charge is 0.344 e. The summed E-state index contributed by atoms with van der Waals surface area (Å²) in [5, 5.41) is 0. The van der Waals surface area contributed by atoms with E-state index in [2.05, 4.69) is 0 Å². The van der Waals surface area contributed by atoms with Crippen LogP contribution in [0.4, 0.5) is 8.78 Å². The molecule has 3 rings (SSSR count). The Balaban J connectivity index is 1.84. The Morgan fingerprint density at radius 1 is 0.679 bits per heavy atom. The number of halogens is 2. The van der Waals surface area contributed by atoms with E-state index in [0.717, 1.165) is 23.3 Å². The lowest BCUT2D eigenvalue weighted by molar-refractivity contribution is 0.0691. The summed E-state index contributed by atoms with van der Waals surface area (Å²) in [5.41, 5.74) is 1.89. The molecule has 28 heavy (non-hydrogen) atoms. The Hall–Kier alpha value is -3.54. The fourth-order valence-electron chi connectivity index (χ4n) is 2.53. The van der Waals surface area contributed by atoms with Crippen LogP contribution in [0.2, 0.25) is 0 Å². The van der Waals surface area contributed by atoms with Gasteiger partial charge in [0.2, 0.25) is 0 Å². The van der Waals surface area contributed by atoms with Gasteiger partial charge in [0.25, 0.3) is 0 Å². The summed E-state index contributed by atoms with van der Waals surface area (Å²) < 4.78 is 36.9. The Bertz CT molecular complexity index is 1040. The fraction of sp³-hybridized carbons (Fsp3) is 0.0909. The molecule has 0 aliphatic heterocycles. The largest absolute Gasteiger partial charge is 0.423 e. The molecule has 0 aromatic heterocycles. The third-order valence-electron chi connectivity index (χ3n) is 4.10. The molecule has 0 radical (unpaired) electrons. The highest BCUT2D eigenvalue weighted by Gasteiger charge is 2.20. The molecule has 142 valence electrons. The Morgan fingerprint density at radius 2 is 1.21 bits per heavy atom. The third kappa shape index (κ3) is 4.40. The second-order valence-electron chi connectivity index (χ2n) is 6.18. The van der Waals surface area contributed by atoms with E-state index in [1.165, 1.54) is 18.2 Å². The maximum atomic E-state index is 13.3. The number of esters is 2. The maximum Gasteiger partial charge on any atom is 0.344 e. The molecule has 6 heteroatoms. The lowest BCUT2D eigenvalue weighted by atomic mass is 10.1. The molecule has 0 N–H and O–H groups in total. The van der Waals surface area contributed by atoms with Gasteiger partial charge < -0.3 is 9.47 Å². The normalized spacial score (nSPS) is 10.4. The van der Waals surface area contributed by atoms with Crippen molar-refractivity contribution in [2.75, 3.05) is 0 Å². The lowest BCUT2D eigenvalue weighted by Crippen LogP contribution is -2.17. The number of hydrogen-bond acceptors (Lipinski definition) is 4. The molecule has 0 saturated carbocycles. The molecule has 0 aliphatic rings. The lowest BCUT2D eigenvalue weighted by Gasteiger charge is -2.10. The van der Waals surface area contributed by atoms with Crippen molar-refractivity contribution in [2.45, 2.75) is 13.8 Å². The van der Waals surface area contributed by atoms with Crippen LogP contribution in [0.5, 0.6) is 11.5 Å². The molecule has 0 fully saturated rings. The van der Waals surface area contributed by atoms with Crippen LogP contribution in [0.25, 0.3) is 0 Å². The Morgan fingerprint density at radius 3 is 1.75 bits per heavy atom. The van der Waals surface area contributed by atoms with Crippen molar-refractivity contribution in [3.63, 3.8) is 0 Å².